The fourth-order valence-corrected chi connectivity index (χ4v) is 4.55. The summed E-state index contributed by atoms with van der Waals surface area (Å²) in [4.78, 5) is 4.30. The van der Waals surface area contributed by atoms with Crippen LogP contribution in [-0.4, -0.2) is 34.7 Å². The van der Waals surface area contributed by atoms with Crippen LogP contribution in [0.25, 0.3) is 0 Å². The zero-order valence-electron chi connectivity index (χ0n) is 14.5. The lowest BCUT2D eigenvalue weighted by molar-refractivity contribution is 0.425. The van der Waals surface area contributed by atoms with Gasteiger partial charge < -0.3 is 4.57 Å². The Kier molecular flexibility index (Phi) is 4.63. The van der Waals surface area contributed by atoms with Gasteiger partial charge in [0.05, 0.1) is 11.4 Å². The fraction of sp³-hybridized carbons (Fsp3) is 0.438. The Balaban J connectivity index is 1.97. The second-order valence-electron chi connectivity index (χ2n) is 6.54. The first kappa shape index (κ1) is 17.9. The van der Waals surface area contributed by atoms with Gasteiger partial charge in [-0.05, 0) is 31.9 Å². The summed E-state index contributed by atoms with van der Waals surface area (Å²) in [7, 11) is -6.25. The van der Waals surface area contributed by atoms with Gasteiger partial charge in [-0.25, -0.2) is 9.19 Å². The van der Waals surface area contributed by atoms with Crippen LogP contribution < -0.4 is 4.72 Å². The van der Waals surface area contributed by atoms with E-state index in [-0.39, 0.29) is 16.8 Å². The Labute approximate surface area is 148 Å². The highest BCUT2D eigenvalue weighted by Gasteiger charge is 2.25. The van der Waals surface area contributed by atoms with Gasteiger partial charge in [-0.2, -0.15) is 12.8 Å². The Hall–Kier alpha value is -1.87. The van der Waals surface area contributed by atoms with Gasteiger partial charge in [-0.1, -0.05) is 12.1 Å². The maximum Gasteiger partial charge on any atom is 0.281 e. The maximum atomic E-state index is 12.7. The molecule has 7 nitrogen and oxygen atoms in total. The van der Waals surface area contributed by atoms with E-state index in [0.29, 0.717) is 5.69 Å². The van der Waals surface area contributed by atoms with Crippen molar-refractivity contribution < 1.29 is 12.6 Å². The summed E-state index contributed by atoms with van der Waals surface area (Å²) in [6.45, 7) is 2.06. The number of fused-ring (bicyclic) bond motifs is 1. The zero-order valence-corrected chi connectivity index (χ0v) is 16.1. The van der Waals surface area contributed by atoms with Crippen molar-refractivity contribution in [1.29, 1.82) is 0 Å². The molecule has 1 unspecified atom stereocenters. The number of para-hydroxylation sites is 1. The highest BCUT2D eigenvalue weighted by atomic mass is 32.2. The van der Waals surface area contributed by atoms with Gasteiger partial charge >= 0.3 is 0 Å². The number of nitrogens with one attached hydrogen (secondary N) is 1. The minimum Gasteiger partial charge on any atom is -0.331 e. The Morgan fingerprint density at radius 1 is 1.24 bits per heavy atom. The van der Waals surface area contributed by atoms with Crippen molar-refractivity contribution in [3.05, 3.63) is 36.3 Å². The molecule has 0 aliphatic carbocycles. The number of anilines is 1. The van der Waals surface area contributed by atoms with Gasteiger partial charge in [0, 0.05) is 40.9 Å². The van der Waals surface area contributed by atoms with Crippen LogP contribution in [0.2, 0.25) is 0 Å². The molecule has 1 atom stereocenters. The van der Waals surface area contributed by atoms with Crippen molar-refractivity contribution in [2.75, 3.05) is 17.2 Å². The number of nitrogens with zero attached hydrogens (tertiary/aromatic N) is 3. The van der Waals surface area contributed by atoms with Crippen LogP contribution >= 0.6 is 0 Å². The van der Waals surface area contributed by atoms with E-state index >= 15 is 0 Å². The molecule has 0 amide bonds. The Bertz CT molecular complexity index is 1010. The van der Waals surface area contributed by atoms with E-state index in [1.807, 2.05) is 4.57 Å². The van der Waals surface area contributed by atoms with Gasteiger partial charge in [-0.3, -0.25) is 4.72 Å². The first-order chi connectivity index (χ1) is 11.7. The summed E-state index contributed by atoms with van der Waals surface area (Å²) in [6.07, 6.45) is 7.39. The normalized spacial score (nSPS) is 17.8. The van der Waals surface area contributed by atoms with E-state index < -0.39 is 19.8 Å². The van der Waals surface area contributed by atoms with Gasteiger partial charge in [0.2, 0.25) is 0 Å². The van der Waals surface area contributed by atoms with E-state index in [2.05, 4.69) is 21.0 Å². The van der Waals surface area contributed by atoms with Crippen LogP contribution in [0.3, 0.4) is 0 Å². The lowest BCUT2D eigenvalue weighted by atomic mass is 10.1. The number of aromatic nitrogens is 2. The average molecular weight is 383 g/mol. The van der Waals surface area contributed by atoms with Crippen molar-refractivity contribution in [3.63, 3.8) is 0 Å². The van der Waals surface area contributed by atoms with Crippen LogP contribution in [-0.2, 0) is 26.2 Å². The molecule has 0 radical (unpaired) electrons. The molecule has 0 fully saturated rings. The lowest BCUT2D eigenvalue weighted by Crippen LogP contribution is -2.14. The number of hydrogen-bond donors (Lipinski definition) is 1. The van der Waals surface area contributed by atoms with Crippen molar-refractivity contribution in [1.82, 2.24) is 9.55 Å². The number of hydrogen-bond acceptors (Lipinski definition) is 5. The van der Waals surface area contributed by atoms with E-state index in [4.69, 9.17) is 0 Å². The molecular formula is C16H22N4O3S2. The van der Waals surface area contributed by atoms with Crippen LogP contribution in [0.4, 0.5) is 11.4 Å². The van der Waals surface area contributed by atoms with E-state index in [9.17, 15) is 12.6 Å². The summed E-state index contributed by atoms with van der Waals surface area (Å²) in [5.41, 5.74) is 0.636. The first-order valence-corrected chi connectivity index (χ1v) is 11.8. The molecule has 136 valence electrons. The van der Waals surface area contributed by atoms with E-state index in [1.165, 1.54) is 12.5 Å². The smallest absolute Gasteiger partial charge is 0.281 e. The number of rotatable bonds is 4. The zero-order chi connectivity index (χ0) is 18.2. The molecule has 0 bridgehead atoms. The van der Waals surface area contributed by atoms with Gasteiger partial charge in [-0.15, -0.1) is 0 Å². The van der Waals surface area contributed by atoms with E-state index in [0.717, 1.165) is 25.1 Å². The molecule has 0 saturated carbocycles. The minimum absolute atomic E-state index is 0.000200. The monoisotopic (exact) mass is 382 g/mol. The molecule has 0 saturated heterocycles. The molecule has 1 aliphatic rings. The molecule has 1 aliphatic heterocycles. The van der Waals surface area contributed by atoms with Gasteiger partial charge in [0.25, 0.3) is 10.0 Å². The van der Waals surface area contributed by atoms with Crippen LogP contribution in [0.1, 0.15) is 31.6 Å². The summed E-state index contributed by atoms with van der Waals surface area (Å²) in [5.74, 6) is 0.794. The van der Waals surface area contributed by atoms with Gasteiger partial charge in [0.1, 0.15) is 5.82 Å². The number of imidazole rings is 1. The third-order valence-corrected chi connectivity index (χ3v) is 5.90. The topological polar surface area (TPSA) is 93.4 Å². The fourth-order valence-electron chi connectivity index (χ4n) is 2.87. The van der Waals surface area contributed by atoms with Crippen molar-refractivity contribution in [2.45, 2.75) is 37.3 Å². The van der Waals surface area contributed by atoms with Crippen LogP contribution in [0, 0.1) is 0 Å². The molecule has 0 spiro atoms. The number of sulfonamides is 1. The highest BCUT2D eigenvalue weighted by molar-refractivity contribution is 7.93. The third-order valence-electron chi connectivity index (χ3n) is 4.03. The summed E-state index contributed by atoms with van der Waals surface area (Å²) >= 11 is 0. The molecule has 2 heterocycles. The summed E-state index contributed by atoms with van der Waals surface area (Å²) < 4.78 is 46.0. The molecular weight excluding hydrogens is 360 g/mol. The first-order valence-electron chi connectivity index (χ1n) is 8.02. The highest BCUT2D eigenvalue weighted by Crippen LogP contribution is 2.29. The average Bonchev–Trinajstić information content (AvgIpc) is 2.94. The molecule has 1 aromatic heterocycles. The Morgan fingerprint density at radius 3 is 2.64 bits per heavy atom. The maximum absolute atomic E-state index is 12.7. The number of benzene rings is 1. The van der Waals surface area contributed by atoms with Crippen molar-refractivity contribution in [3.8, 4) is 0 Å². The van der Waals surface area contributed by atoms with Gasteiger partial charge in [0.15, 0.2) is 5.03 Å². The van der Waals surface area contributed by atoms with Crippen molar-refractivity contribution in [2.24, 2.45) is 4.36 Å². The van der Waals surface area contributed by atoms with Crippen LogP contribution in [0.5, 0.6) is 0 Å². The predicted octanol–water partition coefficient (Wildman–Crippen LogP) is 2.94. The standard InChI is InChI=1S/C16H22N4O3S2/c1-12-7-6-10-15-17-16(11-20(12)15)25(22,23)19-14-9-5-4-8-13(14)18-24(2,3)21/h4-5,8-9,11-12,19H,6-7,10H2,1-3H3. The summed E-state index contributed by atoms with van der Waals surface area (Å²) in [6, 6.07) is 6.89. The lowest BCUT2D eigenvalue weighted by Gasteiger charge is -2.20. The van der Waals surface area contributed by atoms with Crippen LogP contribution in [0.15, 0.2) is 39.9 Å². The Morgan fingerprint density at radius 2 is 1.96 bits per heavy atom. The molecule has 3 rings (SSSR count). The molecule has 25 heavy (non-hydrogen) atoms. The SMILES string of the molecule is CC1CCCc2nc(S(=O)(=O)Nc3ccccc3N=S(C)(C)=O)cn21. The molecule has 2 aromatic rings. The minimum atomic E-state index is -3.84. The van der Waals surface area contributed by atoms with E-state index in [1.54, 1.807) is 30.5 Å². The largest absolute Gasteiger partial charge is 0.331 e. The van der Waals surface area contributed by atoms with Crippen molar-refractivity contribution >= 4 is 31.1 Å². The number of aryl methyl sites for hydroxylation is 1. The molecule has 1 N–H and O–H groups in total. The predicted molar refractivity (Wildman–Crippen MR) is 99.2 cm³/mol. The quantitative estimate of drug-likeness (QED) is 0.880. The molecule has 1 aromatic carbocycles. The second kappa shape index (κ2) is 6.45. The second-order valence-corrected chi connectivity index (χ2v) is 10.7. The summed E-state index contributed by atoms with van der Waals surface area (Å²) in [5, 5.41) is -0.000200. The molecule has 9 heteroatoms. The third kappa shape index (κ3) is 4.04.